The van der Waals surface area contributed by atoms with E-state index in [0.29, 0.717) is 16.5 Å². The molecule has 2 aromatic carbocycles. The molecule has 1 aliphatic heterocycles. The highest BCUT2D eigenvalue weighted by molar-refractivity contribution is 6.30. The Hall–Kier alpha value is -4.04. The molecule has 0 saturated carbocycles. The van der Waals surface area contributed by atoms with E-state index in [1.165, 1.54) is 18.3 Å². The first-order valence-electron chi connectivity index (χ1n) is 9.75. The molecule has 0 radical (unpaired) electrons. The lowest BCUT2D eigenvalue weighted by Gasteiger charge is -2.24. The standard InChI is InChI=1S/C23H16ClFN6O/c24-17-7-3-14(4-8-17)19-12-20(15-5-9-18(25)10-6-15)31-23(27-19)29-22(30-31)28-21(32)16-2-1-11-26-13-16/h1-13,20H,(H2,27,28,29,30,32)/t20-/m1/s1. The van der Waals surface area contributed by atoms with E-state index in [0.717, 1.165) is 16.8 Å². The van der Waals surface area contributed by atoms with Gasteiger partial charge in [0.05, 0.1) is 5.56 Å². The third-order valence-corrected chi connectivity index (χ3v) is 5.23. The number of hydrogen-bond donors (Lipinski definition) is 2. The van der Waals surface area contributed by atoms with Crippen molar-refractivity contribution in [3.63, 3.8) is 0 Å². The number of anilines is 2. The van der Waals surface area contributed by atoms with Gasteiger partial charge in [0.2, 0.25) is 5.95 Å². The minimum Gasteiger partial charge on any atom is -0.324 e. The number of pyridine rings is 1. The van der Waals surface area contributed by atoms with Crippen LogP contribution in [0.3, 0.4) is 0 Å². The number of hydrogen-bond acceptors (Lipinski definition) is 5. The molecule has 1 aliphatic rings. The molecule has 7 nitrogen and oxygen atoms in total. The number of amides is 1. The minimum atomic E-state index is -0.370. The highest BCUT2D eigenvalue weighted by Gasteiger charge is 2.26. The molecule has 9 heteroatoms. The number of nitrogens with zero attached hydrogens (tertiary/aromatic N) is 4. The summed E-state index contributed by atoms with van der Waals surface area (Å²) >= 11 is 6.03. The van der Waals surface area contributed by atoms with Gasteiger partial charge in [-0.3, -0.25) is 15.1 Å². The van der Waals surface area contributed by atoms with E-state index >= 15 is 0 Å². The molecule has 3 heterocycles. The van der Waals surface area contributed by atoms with Crippen molar-refractivity contribution >= 4 is 35.1 Å². The predicted molar refractivity (Wildman–Crippen MR) is 120 cm³/mol. The molecule has 0 aliphatic carbocycles. The zero-order chi connectivity index (χ0) is 22.1. The lowest BCUT2D eigenvalue weighted by molar-refractivity contribution is 0.102. The van der Waals surface area contributed by atoms with Crippen LogP contribution in [0.25, 0.3) is 5.70 Å². The van der Waals surface area contributed by atoms with Gasteiger partial charge in [0.15, 0.2) is 0 Å². The number of fused-ring (bicyclic) bond motifs is 1. The Bertz CT molecular complexity index is 1300. The second-order valence-electron chi connectivity index (χ2n) is 7.11. The second-order valence-corrected chi connectivity index (χ2v) is 7.54. The Kier molecular flexibility index (Phi) is 5.12. The fourth-order valence-electron chi connectivity index (χ4n) is 3.41. The lowest BCUT2D eigenvalue weighted by Crippen LogP contribution is -2.20. The summed E-state index contributed by atoms with van der Waals surface area (Å²) in [5.41, 5.74) is 2.90. The molecular formula is C23H16ClFN6O. The van der Waals surface area contributed by atoms with Gasteiger partial charge in [0.25, 0.3) is 11.9 Å². The Morgan fingerprint density at radius 1 is 1.09 bits per heavy atom. The van der Waals surface area contributed by atoms with Crippen LogP contribution in [0, 0.1) is 5.82 Å². The van der Waals surface area contributed by atoms with Crippen LogP contribution in [0.15, 0.2) is 79.1 Å². The molecule has 158 valence electrons. The van der Waals surface area contributed by atoms with Crippen LogP contribution in [0.1, 0.15) is 27.5 Å². The summed E-state index contributed by atoms with van der Waals surface area (Å²) in [4.78, 5) is 20.9. The average molecular weight is 447 g/mol. The first-order valence-corrected chi connectivity index (χ1v) is 10.1. The summed E-state index contributed by atoms with van der Waals surface area (Å²) in [6.45, 7) is 0. The molecule has 0 saturated heterocycles. The molecule has 5 rings (SSSR count). The van der Waals surface area contributed by atoms with Crippen LogP contribution in [0.4, 0.5) is 16.3 Å². The number of rotatable bonds is 4. The van der Waals surface area contributed by atoms with E-state index in [4.69, 9.17) is 11.6 Å². The van der Waals surface area contributed by atoms with E-state index in [1.807, 2.05) is 18.2 Å². The average Bonchev–Trinajstić information content (AvgIpc) is 3.22. The molecule has 2 aromatic heterocycles. The van der Waals surface area contributed by atoms with E-state index in [2.05, 4.69) is 25.7 Å². The van der Waals surface area contributed by atoms with Crippen LogP contribution >= 0.6 is 11.6 Å². The van der Waals surface area contributed by atoms with Crippen LogP contribution < -0.4 is 10.6 Å². The fraction of sp³-hybridized carbons (Fsp3) is 0.0435. The van der Waals surface area contributed by atoms with Crippen molar-refractivity contribution in [1.82, 2.24) is 19.7 Å². The number of halogens is 2. The van der Waals surface area contributed by atoms with Crippen molar-refractivity contribution in [3.05, 3.63) is 107 Å². The second kappa shape index (κ2) is 8.24. The molecule has 0 unspecified atom stereocenters. The molecule has 1 amide bonds. The normalized spacial score (nSPS) is 14.8. The van der Waals surface area contributed by atoms with Gasteiger partial charge in [-0.1, -0.05) is 35.9 Å². The van der Waals surface area contributed by atoms with Gasteiger partial charge < -0.3 is 5.32 Å². The van der Waals surface area contributed by atoms with Gasteiger partial charge >= 0.3 is 0 Å². The maximum Gasteiger partial charge on any atom is 0.259 e. The molecule has 0 spiro atoms. The molecular weight excluding hydrogens is 431 g/mol. The van der Waals surface area contributed by atoms with Crippen molar-refractivity contribution in [1.29, 1.82) is 0 Å². The van der Waals surface area contributed by atoms with E-state index in [9.17, 15) is 9.18 Å². The Morgan fingerprint density at radius 2 is 1.88 bits per heavy atom. The predicted octanol–water partition coefficient (Wildman–Crippen LogP) is 4.77. The van der Waals surface area contributed by atoms with E-state index < -0.39 is 0 Å². The Balaban J connectivity index is 1.51. The maximum absolute atomic E-state index is 13.5. The van der Waals surface area contributed by atoms with Crippen molar-refractivity contribution in [2.75, 3.05) is 10.6 Å². The van der Waals surface area contributed by atoms with E-state index in [-0.39, 0.29) is 23.7 Å². The topological polar surface area (TPSA) is 84.7 Å². The third kappa shape index (κ3) is 3.95. The van der Waals surface area contributed by atoms with Gasteiger partial charge in [-0.05, 0) is 53.6 Å². The van der Waals surface area contributed by atoms with Crippen LogP contribution in [-0.4, -0.2) is 25.7 Å². The number of nitrogens with one attached hydrogen (secondary N) is 2. The molecule has 0 fully saturated rings. The number of aromatic nitrogens is 4. The summed E-state index contributed by atoms with van der Waals surface area (Å²) < 4.78 is 15.2. The van der Waals surface area contributed by atoms with Crippen LogP contribution in [0.5, 0.6) is 0 Å². The van der Waals surface area contributed by atoms with Gasteiger partial charge in [-0.15, -0.1) is 5.10 Å². The monoisotopic (exact) mass is 446 g/mol. The van der Waals surface area contributed by atoms with Gasteiger partial charge in [0, 0.05) is 23.1 Å². The Morgan fingerprint density at radius 3 is 2.59 bits per heavy atom. The summed E-state index contributed by atoms with van der Waals surface area (Å²) in [6, 6.07) is 16.5. The number of carbonyl (C=O) groups excluding carboxylic acids is 1. The molecule has 1 atom stereocenters. The summed E-state index contributed by atoms with van der Waals surface area (Å²) in [7, 11) is 0. The SMILES string of the molecule is O=C(Nc1nc2n(n1)[C@@H](c1ccc(F)cc1)C=C(c1ccc(Cl)cc1)N2)c1cccnc1. The minimum absolute atomic E-state index is 0.138. The Labute approximate surface area is 187 Å². The number of allylic oxidation sites excluding steroid dienone is 1. The van der Waals surface area contributed by atoms with Gasteiger partial charge in [-0.25, -0.2) is 9.07 Å². The van der Waals surface area contributed by atoms with Crippen molar-refractivity contribution in [3.8, 4) is 0 Å². The molecule has 0 bridgehead atoms. The third-order valence-electron chi connectivity index (χ3n) is 4.98. The van der Waals surface area contributed by atoms with Crippen molar-refractivity contribution in [2.45, 2.75) is 6.04 Å². The summed E-state index contributed by atoms with van der Waals surface area (Å²) in [5.74, 6) is -0.120. The lowest BCUT2D eigenvalue weighted by atomic mass is 10.0. The highest BCUT2D eigenvalue weighted by atomic mass is 35.5. The maximum atomic E-state index is 13.5. The van der Waals surface area contributed by atoms with Crippen molar-refractivity contribution in [2.24, 2.45) is 0 Å². The smallest absolute Gasteiger partial charge is 0.259 e. The van der Waals surface area contributed by atoms with Crippen LogP contribution in [-0.2, 0) is 0 Å². The first kappa shape index (κ1) is 19.9. The number of benzene rings is 2. The summed E-state index contributed by atoms with van der Waals surface area (Å²) in [5, 5.41) is 11.0. The van der Waals surface area contributed by atoms with Crippen LogP contribution in [0.2, 0.25) is 5.02 Å². The first-order chi connectivity index (χ1) is 15.6. The molecule has 4 aromatic rings. The molecule has 32 heavy (non-hydrogen) atoms. The molecule has 2 N–H and O–H groups in total. The highest BCUT2D eigenvalue weighted by Crippen LogP contribution is 2.33. The fourth-order valence-corrected chi connectivity index (χ4v) is 3.54. The van der Waals surface area contributed by atoms with Gasteiger partial charge in [-0.2, -0.15) is 4.98 Å². The zero-order valence-electron chi connectivity index (χ0n) is 16.5. The zero-order valence-corrected chi connectivity index (χ0v) is 17.3. The van der Waals surface area contributed by atoms with Gasteiger partial charge in [0.1, 0.15) is 11.9 Å². The quantitative estimate of drug-likeness (QED) is 0.471. The summed E-state index contributed by atoms with van der Waals surface area (Å²) in [6.07, 6.45) is 5.02. The van der Waals surface area contributed by atoms with E-state index in [1.54, 1.807) is 47.3 Å². The van der Waals surface area contributed by atoms with Crippen molar-refractivity contribution < 1.29 is 9.18 Å². The largest absolute Gasteiger partial charge is 0.324 e. The number of carbonyl (C=O) groups is 1.